The van der Waals surface area contributed by atoms with Gasteiger partial charge >= 0.3 is 6.09 Å². The highest BCUT2D eigenvalue weighted by Gasteiger charge is 2.27. The summed E-state index contributed by atoms with van der Waals surface area (Å²) >= 11 is 0. The topological polar surface area (TPSA) is 85.7 Å². The molecule has 1 aliphatic rings. The molecule has 2 heterocycles. The fraction of sp³-hybridized carbons (Fsp3) is 0.421. The van der Waals surface area contributed by atoms with Crippen LogP contribution in [-0.4, -0.2) is 54.0 Å². The van der Waals surface area contributed by atoms with Crippen molar-refractivity contribution in [2.45, 2.75) is 25.0 Å². The first kappa shape index (κ1) is 18.9. The van der Waals surface area contributed by atoms with Gasteiger partial charge in [0.25, 0.3) is 5.91 Å². The van der Waals surface area contributed by atoms with E-state index in [-0.39, 0.29) is 18.0 Å². The van der Waals surface area contributed by atoms with Crippen LogP contribution in [0.5, 0.6) is 0 Å². The number of ether oxygens (including phenoxy) is 2. The number of hydrogen-bond donors (Lipinski definition) is 1. The zero-order valence-electron chi connectivity index (χ0n) is 15.5. The van der Waals surface area contributed by atoms with Crippen LogP contribution in [0.2, 0.25) is 0 Å². The zero-order valence-corrected chi connectivity index (χ0v) is 15.5. The third-order valence-electron chi connectivity index (χ3n) is 4.74. The van der Waals surface area contributed by atoms with E-state index in [0.717, 1.165) is 18.4 Å². The number of benzene rings is 1. The number of anilines is 1. The van der Waals surface area contributed by atoms with E-state index in [1.54, 1.807) is 17.2 Å². The number of rotatable bonds is 5. The maximum absolute atomic E-state index is 12.7. The molecule has 2 amide bonds. The minimum Gasteiger partial charge on any atom is -0.453 e. The number of piperidine rings is 1. The van der Waals surface area contributed by atoms with Crippen LogP contribution in [0.25, 0.3) is 0 Å². The van der Waals surface area contributed by atoms with Gasteiger partial charge in [-0.05, 0) is 18.4 Å². The molecule has 144 valence electrons. The molecule has 1 aliphatic heterocycles. The second kappa shape index (κ2) is 8.68. The summed E-state index contributed by atoms with van der Waals surface area (Å²) in [5.74, 6) is 0.368. The van der Waals surface area contributed by atoms with Crippen molar-refractivity contribution in [3.05, 3.63) is 48.2 Å². The SMILES string of the molecule is COC(=O)N1CCC(n2nccc2NC(=O)[C@@H](OC)c2ccccc2)CC1. The Kier molecular flexibility index (Phi) is 6.08. The van der Waals surface area contributed by atoms with Gasteiger partial charge in [0.1, 0.15) is 5.82 Å². The summed E-state index contributed by atoms with van der Waals surface area (Å²) in [6, 6.07) is 11.2. The molecule has 1 atom stereocenters. The van der Waals surface area contributed by atoms with Crippen molar-refractivity contribution in [1.82, 2.24) is 14.7 Å². The summed E-state index contributed by atoms with van der Waals surface area (Å²) < 4.78 is 12.0. The number of carbonyl (C=O) groups excluding carboxylic acids is 2. The molecule has 0 radical (unpaired) electrons. The second-order valence-corrected chi connectivity index (χ2v) is 6.36. The normalized spacial score (nSPS) is 16.0. The molecule has 8 heteroatoms. The van der Waals surface area contributed by atoms with Crippen molar-refractivity contribution in [2.75, 3.05) is 32.6 Å². The van der Waals surface area contributed by atoms with Gasteiger partial charge in [-0.25, -0.2) is 9.48 Å². The van der Waals surface area contributed by atoms with Crippen molar-refractivity contribution in [3.63, 3.8) is 0 Å². The van der Waals surface area contributed by atoms with Gasteiger partial charge < -0.3 is 19.7 Å². The Morgan fingerprint density at radius 1 is 1.15 bits per heavy atom. The van der Waals surface area contributed by atoms with Gasteiger partial charge in [0, 0.05) is 26.3 Å². The molecular formula is C19H24N4O4. The van der Waals surface area contributed by atoms with Crippen LogP contribution in [-0.2, 0) is 14.3 Å². The first-order valence-corrected chi connectivity index (χ1v) is 8.89. The van der Waals surface area contributed by atoms with Crippen molar-refractivity contribution >= 4 is 17.8 Å². The summed E-state index contributed by atoms with van der Waals surface area (Å²) in [6.45, 7) is 1.19. The third-order valence-corrected chi connectivity index (χ3v) is 4.74. The number of amides is 2. The highest BCUT2D eigenvalue weighted by Crippen LogP contribution is 2.26. The number of nitrogens with one attached hydrogen (secondary N) is 1. The van der Waals surface area contributed by atoms with Crippen LogP contribution in [0.3, 0.4) is 0 Å². The standard InChI is InChI=1S/C19H24N4O4/c1-26-17(14-6-4-3-5-7-14)18(24)21-16-8-11-20-23(16)15-9-12-22(13-10-15)19(25)27-2/h3-8,11,15,17H,9-10,12-13H2,1-2H3,(H,21,24)/t17-/m0/s1. The molecule has 0 aliphatic carbocycles. The molecule has 3 rings (SSSR count). The monoisotopic (exact) mass is 372 g/mol. The Hall–Kier alpha value is -2.87. The summed E-state index contributed by atoms with van der Waals surface area (Å²) in [7, 11) is 2.89. The van der Waals surface area contributed by atoms with Crippen LogP contribution >= 0.6 is 0 Å². The van der Waals surface area contributed by atoms with Crippen molar-refractivity contribution < 1.29 is 19.1 Å². The molecule has 1 aromatic heterocycles. The lowest BCUT2D eigenvalue weighted by Crippen LogP contribution is -2.39. The highest BCUT2D eigenvalue weighted by molar-refractivity contribution is 5.94. The van der Waals surface area contributed by atoms with Gasteiger partial charge in [0.2, 0.25) is 0 Å². The van der Waals surface area contributed by atoms with E-state index in [1.165, 1.54) is 14.2 Å². The number of nitrogens with zero attached hydrogens (tertiary/aromatic N) is 3. The minimum atomic E-state index is -0.698. The molecule has 2 aromatic rings. The lowest BCUT2D eigenvalue weighted by Gasteiger charge is -2.31. The van der Waals surface area contributed by atoms with Crippen LogP contribution in [0.1, 0.15) is 30.6 Å². The largest absolute Gasteiger partial charge is 0.453 e. The van der Waals surface area contributed by atoms with E-state index < -0.39 is 6.10 Å². The van der Waals surface area contributed by atoms with E-state index in [9.17, 15) is 9.59 Å². The Labute approximate surface area is 158 Å². The summed E-state index contributed by atoms with van der Waals surface area (Å²) in [5.41, 5.74) is 0.787. The number of carbonyl (C=O) groups is 2. The van der Waals surface area contributed by atoms with Gasteiger partial charge in [-0.15, -0.1) is 0 Å². The van der Waals surface area contributed by atoms with Crippen LogP contribution in [0.4, 0.5) is 10.6 Å². The number of hydrogen-bond acceptors (Lipinski definition) is 5. The predicted molar refractivity (Wildman–Crippen MR) is 99.3 cm³/mol. The lowest BCUT2D eigenvalue weighted by atomic mass is 10.1. The van der Waals surface area contributed by atoms with E-state index in [0.29, 0.717) is 18.9 Å². The maximum Gasteiger partial charge on any atom is 0.409 e. The van der Waals surface area contributed by atoms with E-state index in [1.807, 2.05) is 35.0 Å². The lowest BCUT2D eigenvalue weighted by molar-refractivity contribution is -0.126. The van der Waals surface area contributed by atoms with Crippen LogP contribution in [0, 0.1) is 0 Å². The Morgan fingerprint density at radius 2 is 1.85 bits per heavy atom. The number of methoxy groups -OCH3 is 2. The van der Waals surface area contributed by atoms with Gasteiger partial charge in [-0.1, -0.05) is 30.3 Å². The second-order valence-electron chi connectivity index (χ2n) is 6.36. The molecule has 27 heavy (non-hydrogen) atoms. The molecule has 0 saturated carbocycles. The van der Waals surface area contributed by atoms with Gasteiger partial charge in [-0.2, -0.15) is 5.10 Å². The highest BCUT2D eigenvalue weighted by atomic mass is 16.5. The van der Waals surface area contributed by atoms with Gasteiger partial charge in [-0.3, -0.25) is 4.79 Å². The first-order chi connectivity index (χ1) is 13.1. The summed E-state index contributed by atoms with van der Waals surface area (Å²) in [6.07, 6.45) is 2.13. The van der Waals surface area contributed by atoms with Crippen molar-refractivity contribution in [3.8, 4) is 0 Å². The number of likely N-dealkylation sites (tertiary alicyclic amines) is 1. The van der Waals surface area contributed by atoms with Gasteiger partial charge in [0.05, 0.1) is 19.3 Å². The minimum absolute atomic E-state index is 0.105. The molecule has 8 nitrogen and oxygen atoms in total. The molecule has 1 saturated heterocycles. The zero-order chi connectivity index (χ0) is 19.2. The number of aromatic nitrogens is 2. The summed E-state index contributed by atoms with van der Waals surface area (Å²) in [5, 5.41) is 7.28. The predicted octanol–water partition coefficient (Wildman–Crippen LogP) is 2.61. The fourth-order valence-electron chi connectivity index (χ4n) is 3.34. The molecule has 1 aromatic carbocycles. The van der Waals surface area contributed by atoms with Gasteiger partial charge in [0.15, 0.2) is 6.10 Å². The Balaban J connectivity index is 1.67. The Morgan fingerprint density at radius 3 is 2.48 bits per heavy atom. The first-order valence-electron chi connectivity index (χ1n) is 8.89. The third kappa shape index (κ3) is 4.28. The van der Waals surface area contributed by atoms with E-state index >= 15 is 0 Å². The van der Waals surface area contributed by atoms with Crippen LogP contribution < -0.4 is 5.32 Å². The summed E-state index contributed by atoms with van der Waals surface area (Å²) in [4.78, 5) is 26.0. The molecule has 0 spiro atoms. The average Bonchev–Trinajstić information content (AvgIpc) is 3.17. The smallest absolute Gasteiger partial charge is 0.409 e. The molecule has 1 fully saturated rings. The molecule has 0 bridgehead atoms. The molecular weight excluding hydrogens is 348 g/mol. The molecule has 0 unspecified atom stereocenters. The van der Waals surface area contributed by atoms with Crippen molar-refractivity contribution in [2.24, 2.45) is 0 Å². The van der Waals surface area contributed by atoms with Crippen molar-refractivity contribution in [1.29, 1.82) is 0 Å². The van der Waals surface area contributed by atoms with Crippen LogP contribution in [0.15, 0.2) is 42.6 Å². The fourth-order valence-corrected chi connectivity index (χ4v) is 3.34. The van der Waals surface area contributed by atoms with E-state index in [4.69, 9.17) is 9.47 Å². The average molecular weight is 372 g/mol. The molecule has 1 N–H and O–H groups in total. The Bertz CT molecular complexity index is 769. The maximum atomic E-state index is 12.7. The quantitative estimate of drug-likeness (QED) is 0.872. The van der Waals surface area contributed by atoms with E-state index in [2.05, 4.69) is 10.4 Å².